The van der Waals surface area contributed by atoms with Crippen molar-refractivity contribution >= 4 is 86.2 Å². The number of anilines is 4. The number of rotatable bonds is 8. The van der Waals surface area contributed by atoms with E-state index in [0.29, 0.717) is 0 Å². The van der Waals surface area contributed by atoms with E-state index in [9.17, 15) is 12.9 Å². The van der Waals surface area contributed by atoms with Crippen molar-refractivity contribution in [2.24, 2.45) is 0 Å². The van der Waals surface area contributed by atoms with Crippen LogP contribution in [0.5, 0.6) is 0 Å². The summed E-state index contributed by atoms with van der Waals surface area (Å²) in [6, 6.07) is 18.2. The van der Waals surface area contributed by atoms with Gasteiger partial charge in [0.2, 0.25) is 0 Å². The first kappa shape index (κ1) is 75.4. The van der Waals surface area contributed by atoms with Crippen molar-refractivity contribution in [3.63, 3.8) is 0 Å². The Labute approximate surface area is 529 Å². The minimum absolute atomic E-state index is 0. The van der Waals surface area contributed by atoms with Gasteiger partial charge in [-0.1, -0.05) is 90.0 Å². The molecule has 0 aromatic heterocycles. The Bertz CT molecular complexity index is 2310. The second-order valence-corrected chi connectivity index (χ2v) is 39.2. The topological polar surface area (TPSA) is 13.0 Å². The van der Waals surface area contributed by atoms with E-state index in [0.717, 1.165) is 26.2 Å². The largest absolute Gasteiger partial charge is 1.00 e. The second-order valence-electron chi connectivity index (χ2n) is 23.7. The van der Waals surface area contributed by atoms with Gasteiger partial charge in [-0.15, -0.1) is 0 Å². The molecular weight excluding hydrogens is 1320 g/mol. The molecule has 3 aliphatic carbocycles. The Kier molecular flexibility index (Phi) is 35.0. The predicted octanol–water partition coefficient (Wildman–Crippen LogP) is 18.5. The molecule has 0 N–H and O–H groups in total. The number of halogens is 8. The van der Waals surface area contributed by atoms with Crippen molar-refractivity contribution in [3.05, 3.63) is 140 Å². The molecule has 3 saturated carbocycles. The summed E-state index contributed by atoms with van der Waals surface area (Å²) in [6.07, 6.45) is 25.7. The first-order valence-electron chi connectivity index (χ1n) is 29.9. The normalized spacial score (nSPS) is 16.7. The van der Waals surface area contributed by atoms with E-state index < -0.39 is 34.6 Å². The van der Waals surface area contributed by atoms with Crippen LogP contribution in [0.1, 0.15) is 184 Å². The van der Waals surface area contributed by atoms with Gasteiger partial charge in [0.25, 0.3) is 0 Å². The van der Waals surface area contributed by atoms with Gasteiger partial charge in [-0.3, -0.25) is 12.9 Å². The molecule has 2 aliphatic heterocycles. The van der Waals surface area contributed by atoms with E-state index in [-0.39, 0.29) is 12.6 Å². The zero-order chi connectivity index (χ0) is 60.8. The van der Waals surface area contributed by atoms with Gasteiger partial charge in [0.05, 0.1) is 17.0 Å². The van der Waals surface area contributed by atoms with Gasteiger partial charge < -0.3 is 24.3 Å². The zero-order valence-corrected chi connectivity index (χ0v) is 60.3. The second kappa shape index (κ2) is 38.6. The van der Waals surface area contributed by atoms with Crippen molar-refractivity contribution < 1.29 is 44.7 Å². The minimum Gasteiger partial charge on any atom is -1.00 e. The van der Waals surface area contributed by atoms with E-state index in [1.165, 1.54) is 112 Å². The van der Waals surface area contributed by atoms with Gasteiger partial charge >= 0.3 is 115 Å². The number of hydrogen-bond acceptors (Lipinski definition) is 4. The van der Waals surface area contributed by atoms with E-state index in [1.54, 1.807) is 96.3 Å². The zero-order valence-electron chi connectivity index (χ0n) is 52.8. The maximum atomic E-state index is 9.67. The fourth-order valence-corrected chi connectivity index (χ4v) is 20.2. The van der Waals surface area contributed by atoms with Gasteiger partial charge in [-0.25, -0.2) is 0 Å². The summed E-state index contributed by atoms with van der Waals surface area (Å²) in [5.74, 6) is 0. The van der Waals surface area contributed by atoms with Gasteiger partial charge in [0, 0.05) is 56.9 Å². The summed E-state index contributed by atoms with van der Waals surface area (Å²) >= 11 is -2.88. The summed E-state index contributed by atoms with van der Waals surface area (Å²) in [5, 5.41) is 0. The predicted molar refractivity (Wildman–Crippen MR) is 359 cm³/mol. The maximum absolute atomic E-state index is 9.67. The Morgan fingerprint density at radius 1 is 0.446 bits per heavy atom. The van der Waals surface area contributed by atoms with Crippen molar-refractivity contribution in [1.82, 2.24) is 0 Å². The summed E-state index contributed by atoms with van der Waals surface area (Å²) in [5.41, 5.74) is 26.6. The third kappa shape index (κ3) is 25.3. The molecule has 16 heteroatoms. The van der Waals surface area contributed by atoms with Crippen molar-refractivity contribution in [3.8, 4) is 0 Å². The fourth-order valence-electron chi connectivity index (χ4n) is 13.6. The first-order valence-corrected chi connectivity index (χ1v) is 42.6. The van der Waals surface area contributed by atoms with Gasteiger partial charge in [0.15, 0.2) is 0 Å². The molecule has 0 radical (unpaired) electrons. The molecule has 470 valence electrons. The molecule has 4 aromatic carbocycles. The number of benzene rings is 4. The number of nitrogens with zero attached hydrogens (tertiary/aromatic N) is 4. The Balaban J connectivity index is 0.000000286. The van der Waals surface area contributed by atoms with E-state index in [1.807, 2.05) is 36.1 Å². The smallest absolute Gasteiger partial charge is 0.762 e. The molecule has 9 rings (SSSR count). The summed E-state index contributed by atoms with van der Waals surface area (Å²) in [4.78, 5) is 9.62. The molecule has 5 fully saturated rings. The third-order valence-corrected chi connectivity index (χ3v) is 25.2. The van der Waals surface area contributed by atoms with Crippen LogP contribution in [0.4, 0.5) is 35.7 Å². The molecule has 0 unspecified atom stereocenters. The number of aryl methyl sites for hydroxylation is 12. The van der Waals surface area contributed by atoms with Crippen molar-refractivity contribution in [2.45, 2.75) is 217 Å². The molecule has 2 saturated heterocycles. The fraction of sp³-hybridized carbons (Fsp3) is 0.552. The Morgan fingerprint density at radius 3 is 0.807 bits per heavy atom. The van der Waals surface area contributed by atoms with Crippen LogP contribution in [0.3, 0.4) is 0 Å². The van der Waals surface area contributed by atoms with Crippen LogP contribution in [0.25, 0.3) is 0 Å². The van der Waals surface area contributed by atoms with Crippen molar-refractivity contribution in [2.75, 3.05) is 45.8 Å². The third-order valence-electron chi connectivity index (χ3n) is 16.3. The average Bonchev–Trinajstić information content (AvgIpc) is 4.13. The first-order chi connectivity index (χ1) is 38.8. The molecule has 4 aromatic rings. The summed E-state index contributed by atoms with van der Waals surface area (Å²) < 4.78 is 32.7. The Morgan fingerprint density at radius 2 is 0.651 bits per heavy atom. The molecular formula is C67H100BCl4F4N4PRu2-2. The summed E-state index contributed by atoms with van der Waals surface area (Å²) in [6.45, 7) is 41.0. The van der Waals surface area contributed by atoms with Gasteiger partial charge in [-0.05, 0) is 205 Å². The van der Waals surface area contributed by atoms with E-state index >= 15 is 0 Å². The molecule has 0 spiro atoms. The average molecular weight is 1420 g/mol. The van der Waals surface area contributed by atoms with Crippen LogP contribution in [0.15, 0.2) is 60.2 Å². The number of allylic oxidation sites excluding steroid dienone is 2. The van der Waals surface area contributed by atoms with Gasteiger partial charge in [0.1, 0.15) is 0 Å². The van der Waals surface area contributed by atoms with Crippen LogP contribution in [-0.4, -0.2) is 59.9 Å². The molecule has 0 atom stereocenters. The van der Waals surface area contributed by atoms with Gasteiger partial charge in [-0.2, -0.15) is 13.3 Å². The van der Waals surface area contributed by atoms with Crippen LogP contribution >= 0.6 is 46.7 Å². The SMILES string of the molecule is C1CCC([PH+](C2CCCCC2)C2CCCCC2)CC1.CC(C)=C[CH]=[Ru]([Cl])[Cl].C[CH]=[Ru]([Cl])[Cl].Cc1cc(C)c(N2[CH-]N(c3c(C)cc(C)cc3C)CC2)c(C)c1.Cc1cc(C)c(N2[CH-]N(c3c(C)cc(C)cc3C)CC2)c(C)c1.FB(F)F.[F-]. The van der Waals surface area contributed by atoms with Crippen LogP contribution in [0, 0.1) is 96.4 Å². The maximum Gasteiger partial charge on any atom is 0.762 e. The molecule has 5 aliphatic rings. The van der Waals surface area contributed by atoms with Crippen molar-refractivity contribution in [1.29, 1.82) is 0 Å². The molecule has 0 amide bonds. The molecule has 83 heavy (non-hydrogen) atoms. The number of hydrogen-bond donors (Lipinski definition) is 0. The van der Waals surface area contributed by atoms with Crippen LogP contribution in [-0.2, 0) is 27.0 Å². The van der Waals surface area contributed by atoms with E-state index in [2.05, 4.69) is 165 Å². The molecule has 2 heterocycles. The van der Waals surface area contributed by atoms with Crippen LogP contribution < -0.4 is 24.3 Å². The summed E-state index contributed by atoms with van der Waals surface area (Å²) in [7, 11) is 18.0. The van der Waals surface area contributed by atoms with E-state index in [4.69, 9.17) is 38.8 Å². The van der Waals surface area contributed by atoms with Crippen LogP contribution in [0.2, 0.25) is 0 Å². The Hall–Kier alpha value is -1.82. The standard InChI is InChI=1S/2C21H27N2.C18H33P.C5H8.C2H4.BF3.4ClH.FH.2Ru/c2*1-14-9-16(3)20(17(4)10-14)22-7-8-23(13-22)21-18(5)11-15(2)12-19(21)6;1-4-10-16(11-5-1)19(17-12-6-2-7-13-17)18-14-8-3-9-15-18;1-4-5(2)3;1-2;2-1(3)4;;;;;;;/h2*9-13H,7-8H2,1-6H3;16-18H,1-15H2;1,4H,2-3H3;1H,2H3;;5*1H;;/q2*-1;;;;;;;;;;2*+2/p-4. The quantitative estimate of drug-likeness (QED) is 0.0754. The molecule has 0 bridgehead atoms. The minimum atomic E-state index is -3.67. The monoisotopic (exact) mass is 1420 g/mol. The molecule has 4 nitrogen and oxygen atoms in total.